The van der Waals surface area contributed by atoms with E-state index in [1.54, 1.807) is 0 Å². The molecule has 0 aliphatic carbocycles. The van der Waals surface area contributed by atoms with Crippen LogP contribution in [0.3, 0.4) is 0 Å². The summed E-state index contributed by atoms with van der Waals surface area (Å²) in [6.45, 7) is 0. The van der Waals surface area contributed by atoms with E-state index in [4.69, 9.17) is 0 Å². The van der Waals surface area contributed by atoms with Crippen LogP contribution >= 0.6 is 22.7 Å². The van der Waals surface area contributed by atoms with Gasteiger partial charge in [0.1, 0.15) is 0 Å². The first-order valence-corrected chi connectivity index (χ1v) is 18.2. The zero-order valence-electron chi connectivity index (χ0n) is 26.5. The van der Waals surface area contributed by atoms with Crippen LogP contribution in [-0.2, 0) is 0 Å². The number of thiophene rings is 2. The molecule has 0 fully saturated rings. The zero-order chi connectivity index (χ0) is 32.3. The number of anilines is 3. The molecule has 10 aromatic rings. The number of hydrogen-bond donors (Lipinski definition) is 0. The first-order valence-electron chi connectivity index (χ1n) is 16.6. The van der Waals surface area contributed by atoms with Crippen LogP contribution in [0, 0.1) is 0 Å². The lowest BCUT2D eigenvalue weighted by atomic mass is 10.0. The molecule has 0 saturated carbocycles. The third-order valence-corrected chi connectivity index (χ3v) is 12.0. The highest BCUT2D eigenvalue weighted by atomic mass is 32.1. The van der Waals surface area contributed by atoms with Crippen molar-refractivity contribution in [1.29, 1.82) is 0 Å². The molecule has 3 heteroatoms. The molecule has 0 amide bonds. The molecular weight excluding hydrogens is 631 g/mol. The van der Waals surface area contributed by atoms with Crippen molar-refractivity contribution in [3.8, 4) is 22.3 Å². The van der Waals surface area contributed by atoms with E-state index in [-0.39, 0.29) is 0 Å². The van der Waals surface area contributed by atoms with Crippen molar-refractivity contribution < 1.29 is 0 Å². The summed E-state index contributed by atoms with van der Waals surface area (Å²) in [4.78, 5) is 2.39. The van der Waals surface area contributed by atoms with Crippen LogP contribution in [0.5, 0.6) is 0 Å². The van der Waals surface area contributed by atoms with Gasteiger partial charge in [-0.2, -0.15) is 0 Å². The predicted molar refractivity (Wildman–Crippen MR) is 215 cm³/mol. The molecule has 0 atom stereocenters. The van der Waals surface area contributed by atoms with E-state index < -0.39 is 0 Å². The average Bonchev–Trinajstić information content (AvgIpc) is 3.72. The average molecular weight is 660 g/mol. The van der Waals surface area contributed by atoms with Crippen LogP contribution in [0.25, 0.3) is 73.4 Å². The Bertz CT molecular complexity index is 2830. The van der Waals surface area contributed by atoms with E-state index in [2.05, 4.69) is 181 Å². The van der Waals surface area contributed by atoms with Crippen LogP contribution in [0.4, 0.5) is 17.1 Å². The second-order valence-corrected chi connectivity index (χ2v) is 14.7. The SMILES string of the molecule is c1ccc(-c2cccc(N(c3ccc(-c4cccc5c4sc4cc6ccccc6cc45)cc3)c3ccc4c(c3)sc3ccccc34)c2)cc1. The van der Waals surface area contributed by atoms with Gasteiger partial charge in [0, 0.05) is 57.4 Å². The Kier molecular flexibility index (Phi) is 6.61. The molecule has 8 aromatic carbocycles. The molecule has 1 nitrogen and oxygen atoms in total. The van der Waals surface area contributed by atoms with Gasteiger partial charge in [-0.1, -0.05) is 121 Å². The van der Waals surface area contributed by atoms with Gasteiger partial charge in [-0.05, 0) is 87.6 Å². The highest BCUT2D eigenvalue weighted by molar-refractivity contribution is 7.26. The van der Waals surface area contributed by atoms with E-state index >= 15 is 0 Å². The zero-order valence-corrected chi connectivity index (χ0v) is 28.1. The Labute approximate surface area is 292 Å². The van der Waals surface area contributed by atoms with Crippen LogP contribution in [0.15, 0.2) is 176 Å². The predicted octanol–water partition coefficient (Wildman–Crippen LogP) is 14.4. The second kappa shape index (κ2) is 11.5. The lowest BCUT2D eigenvalue weighted by Crippen LogP contribution is -2.09. The summed E-state index contributed by atoms with van der Waals surface area (Å²) in [5.41, 5.74) is 8.32. The minimum Gasteiger partial charge on any atom is -0.310 e. The third kappa shape index (κ3) is 4.82. The standard InChI is InChI=1S/C46H29NS2/c1-2-10-30(11-3-1)32-14-8-15-36(26-32)47(37-24-25-40-39-16-6-7-19-43(39)48-45(40)29-37)35-22-20-31(21-23-35)38-17-9-18-41-42-27-33-12-4-5-13-34(33)28-44(42)49-46(38)41/h1-29H. The molecule has 49 heavy (non-hydrogen) atoms. The first kappa shape index (κ1) is 28.3. The molecule has 0 N–H and O–H groups in total. The number of rotatable bonds is 5. The molecule has 0 bridgehead atoms. The van der Waals surface area contributed by atoms with Gasteiger partial charge in [-0.15, -0.1) is 22.7 Å². The van der Waals surface area contributed by atoms with Gasteiger partial charge in [-0.25, -0.2) is 0 Å². The molecule has 0 radical (unpaired) electrons. The molecule has 0 unspecified atom stereocenters. The maximum absolute atomic E-state index is 2.39. The number of hydrogen-bond acceptors (Lipinski definition) is 3. The molecule has 10 rings (SSSR count). The summed E-state index contributed by atoms with van der Waals surface area (Å²) in [7, 11) is 0. The molecular formula is C46H29NS2. The monoisotopic (exact) mass is 659 g/mol. The maximum Gasteiger partial charge on any atom is 0.0476 e. The van der Waals surface area contributed by atoms with Gasteiger partial charge in [0.2, 0.25) is 0 Å². The van der Waals surface area contributed by atoms with E-state index in [9.17, 15) is 0 Å². The minimum absolute atomic E-state index is 1.13. The van der Waals surface area contributed by atoms with Crippen molar-refractivity contribution in [2.45, 2.75) is 0 Å². The van der Waals surface area contributed by atoms with Gasteiger partial charge in [0.05, 0.1) is 0 Å². The van der Waals surface area contributed by atoms with Crippen molar-refractivity contribution in [2.75, 3.05) is 4.90 Å². The quantitative estimate of drug-likeness (QED) is 0.178. The Morgan fingerprint density at radius 2 is 0.980 bits per heavy atom. The summed E-state index contributed by atoms with van der Waals surface area (Å²) < 4.78 is 5.28. The Morgan fingerprint density at radius 3 is 1.86 bits per heavy atom. The van der Waals surface area contributed by atoms with Crippen molar-refractivity contribution in [2.24, 2.45) is 0 Å². The van der Waals surface area contributed by atoms with Gasteiger partial charge >= 0.3 is 0 Å². The molecule has 2 heterocycles. The van der Waals surface area contributed by atoms with E-state index in [1.807, 2.05) is 22.7 Å². The Balaban J connectivity index is 1.11. The second-order valence-electron chi connectivity index (χ2n) is 12.6. The summed E-state index contributed by atoms with van der Waals surface area (Å²) >= 11 is 3.76. The van der Waals surface area contributed by atoms with Crippen molar-refractivity contribution in [3.05, 3.63) is 176 Å². The fourth-order valence-corrected chi connectivity index (χ4v) is 9.66. The topological polar surface area (TPSA) is 3.24 Å². The molecule has 230 valence electrons. The number of benzene rings is 8. The molecule has 2 aromatic heterocycles. The van der Waals surface area contributed by atoms with Crippen molar-refractivity contribution in [1.82, 2.24) is 0 Å². The van der Waals surface area contributed by atoms with Gasteiger partial charge in [0.25, 0.3) is 0 Å². The fourth-order valence-electron chi connectivity index (χ4n) is 7.26. The lowest BCUT2D eigenvalue weighted by Gasteiger charge is -2.26. The highest BCUT2D eigenvalue weighted by Gasteiger charge is 2.17. The highest BCUT2D eigenvalue weighted by Crippen LogP contribution is 2.44. The number of nitrogens with zero attached hydrogens (tertiary/aromatic N) is 1. The van der Waals surface area contributed by atoms with Crippen LogP contribution < -0.4 is 4.90 Å². The van der Waals surface area contributed by atoms with E-state index in [0.29, 0.717) is 0 Å². The maximum atomic E-state index is 2.39. The van der Waals surface area contributed by atoms with E-state index in [1.165, 1.54) is 73.4 Å². The van der Waals surface area contributed by atoms with Crippen LogP contribution in [0.1, 0.15) is 0 Å². The van der Waals surface area contributed by atoms with Crippen molar-refractivity contribution in [3.63, 3.8) is 0 Å². The summed E-state index contributed by atoms with van der Waals surface area (Å²) in [5.74, 6) is 0. The van der Waals surface area contributed by atoms with Crippen LogP contribution in [0.2, 0.25) is 0 Å². The molecule has 0 spiro atoms. The third-order valence-electron chi connectivity index (χ3n) is 9.63. The fraction of sp³-hybridized carbons (Fsp3) is 0. The largest absolute Gasteiger partial charge is 0.310 e. The molecule has 0 saturated heterocycles. The Hall–Kier alpha value is -5.74. The normalized spacial score (nSPS) is 11.7. The lowest BCUT2D eigenvalue weighted by molar-refractivity contribution is 1.29. The summed E-state index contributed by atoms with van der Waals surface area (Å²) in [6, 6.07) is 64.4. The smallest absolute Gasteiger partial charge is 0.0476 e. The van der Waals surface area contributed by atoms with Gasteiger partial charge < -0.3 is 4.90 Å². The van der Waals surface area contributed by atoms with Crippen molar-refractivity contribution >= 4 is 90.9 Å². The van der Waals surface area contributed by atoms with Crippen LogP contribution in [-0.4, -0.2) is 0 Å². The minimum atomic E-state index is 1.13. The van der Waals surface area contributed by atoms with E-state index in [0.717, 1.165) is 17.1 Å². The number of fused-ring (bicyclic) bond motifs is 7. The molecule has 0 aliphatic rings. The first-order chi connectivity index (χ1) is 24.3. The summed E-state index contributed by atoms with van der Waals surface area (Å²) in [6.07, 6.45) is 0. The van der Waals surface area contributed by atoms with Gasteiger partial charge in [0.15, 0.2) is 0 Å². The Morgan fingerprint density at radius 1 is 0.327 bits per heavy atom. The summed E-state index contributed by atoms with van der Waals surface area (Å²) in [5, 5.41) is 7.86. The van der Waals surface area contributed by atoms with Gasteiger partial charge in [-0.3, -0.25) is 0 Å². The molecule has 0 aliphatic heterocycles.